The Morgan fingerprint density at radius 1 is 1.04 bits per heavy atom. The van der Waals surface area contributed by atoms with Crippen molar-refractivity contribution < 1.29 is 14.3 Å². The van der Waals surface area contributed by atoms with Gasteiger partial charge in [-0.05, 0) is 63.0 Å². The van der Waals surface area contributed by atoms with Crippen molar-refractivity contribution in [1.82, 2.24) is 10.2 Å². The molecule has 2 rings (SSSR count). The molecule has 0 aromatic heterocycles. The first-order valence-corrected chi connectivity index (χ1v) is 9.42. The van der Waals surface area contributed by atoms with Crippen LogP contribution in [0.25, 0.3) is 0 Å². The molecule has 1 aromatic carbocycles. The first kappa shape index (κ1) is 19.6. The third kappa shape index (κ3) is 7.34. The maximum Gasteiger partial charge on any atom is 0.220 e. The summed E-state index contributed by atoms with van der Waals surface area (Å²) in [6, 6.07) is 5.75. The van der Waals surface area contributed by atoms with Gasteiger partial charge in [-0.25, -0.2) is 0 Å². The number of benzene rings is 1. The lowest BCUT2D eigenvalue weighted by molar-refractivity contribution is -0.121. The van der Waals surface area contributed by atoms with Crippen LogP contribution in [0.4, 0.5) is 0 Å². The Morgan fingerprint density at radius 2 is 1.68 bits per heavy atom. The lowest BCUT2D eigenvalue weighted by Crippen LogP contribution is -2.30. The molecule has 5 heteroatoms. The molecule has 0 saturated carbocycles. The zero-order valence-corrected chi connectivity index (χ0v) is 15.7. The van der Waals surface area contributed by atoms with E-state index in [0.29, 0.717) is 12.8 Å². The van der Waals surface area contributed by atoms with Gasteiger partial charge in [0.05, 0.1) is 14.2 Å². The van der Waals surface area contributed by atoms with E-state index in [1.54, 1.807) is 14.2 Å². The third-order valence-electron chi connectivity index (χ3n) is 4.72. The maximum atomic E-state index is 12.0. The Labute approximate surface area is 151 Å². The Hall–Kier alpha value is -1.75. The molecule has 1 aromatic rings. The van der Waals surface area contributed by atoms with Crippen LogP contribution in [0.2, 0.25) is 0 Å². The highest BCUT2D eigenvalue weighted by Crippen LogP contribution is 2.23. The molecule has 140 valence electrons. The molecular formula is C20H32N2O3. The van der Waals surface area contributed by atoms with Crippen molar-refractivity contribution >= 4 is 5.91 Å². The highest BCUT2D eigenvalue weighted by atomic mass is 16.5. The Kier molecular flexibility index (Phi) is 8.60. The number of aryl methyl sites for hydroxylation is 1. The number of hydrogen-bond acceptors (Lipinski definition) is 4. The van der Waals surface area contributed by atoms with Crippen molar-refractivity contribution in [2.24, 2.45) is 0 Å². The summed E-state index contributed by atoms with van der Waals surface area (Å²) in [4.78, 5) is 14.6. The molecule has 0 bridgehead atoms. The molecule has 25 heavy (non-hydrogen) atoms. The lowest BCUT2D eigenvalue weighted by atomic mass is 10.1. The van der Waals surface area contributed by atoms with Gasteiger partial charge in [-0.2, -0.15) is 0 Å². The van der Waals surface area contributed by atoms with Gasteiger partial charge in [0.15, 0.2) is 0 Å². The van der Waals surface area contributed by atoms with Crippen LogP contribution in [0.3, 0.4) is 0 Å². The quantitative estimate of drug-likeness (QED) is 0.697. The van der Waals surface area contributed by atoms with E-state index in [1.807, 2.05) is 18.2 Å². The summed E-state index contributed by atoms with van der Waals surface area (Å²) in [5.41, 5.74) is 1.05. The molecule has 0 atom stereocenters. The van der Waals surface area contributed by atoms with Crippen LogP contribution in [0.5, 0.6) is 11.5 Å². The van der Waals surface area contributed by atoms with Crippen LogP contribution >= 0.6 is 0 Å². The van der Waals surface area contributed by atoms with E-state index in [1.165, 1.54) is 38.8 Å². The van der Waals surface area contributed by atoms with Gasteiger partial charge in [0.25, 0.3) is 0 Å². The molecule has 1 aliphatic heterocycles. The highest BCUT2D eigenvalue weighted by molar-refractivity contribution is 5.76. The molecule has 0 aliphatic carbocycles. The predicted molar refractivity (Wildman–Crippen MR) is 100 cm³/mol. The first-order chi connectivity index (χ1) is 12.2. The van der Waals surface area contributed by atoms with Gasteiger partial charge in [0.1, 0.15) is 11.5 Å². The van der Waals surface area contributed by atoms with E-state index in [9.17, 15) is 4.79 Å². The minimum Gasteiger partial charge on any atom is -0.497 e. The van der Waals surface area contributed by atoms with E-state index in [0.717, 1.165) is 36.6 Å². The predicted octanol–water partition coefficient (Wildman–Crippen LogP) is 3.02. The number of carbonyl (C=O) groups excluding carboxylic acids is 1. The molecule has 0 radical (unpaired) electrons. The van der Waals surface area contributed by atoms with Crippen molar-refractivity contribution in [3.05, 3.63) is 23.8 Å². The lowest BCUT2D eigenvalue weighted by Gasteiger charge is -2.19. The number of ether oxygens (including phenoxy) is 2. The average molecular weight is 348 g/mol. The van der Waals surface area contributed by atoms with Gasteiger partial charge in [-0.1, -0.05) is 12.8 Å². The number of methoxy groups -OCH3 is 2. The topological polar surface area (TPSA) is 50.8 Å². The van der Waals surface area contributed by atoms with Crippen molar-refractivity contribution in [1.29, 1.82) is 0 Å². The number of rotatable bonds is 9. The molecule has 1 saturated heterocycles. The minimum absolute atomic E-state index is 0.109. The summed E-state index contributed by atoms with van der Waals surface area (Å²) in [6.07, 6.45) is 7.56. The van der Waals surface area contributed by atoms with Crippen LogP contribution in [-0.2, 0) is 11.2 Å². The normalized spacial score (nSPS) is 15.4. The summed E-state index contributed by atoms with van der Waals surface area (Å²) >= 11 is 0. The van der Waals surface area contributed by atoms with Gasteiger partial charge in [-0.15, -0.1) is 0 Å². The summed E-state index contributed by atoms with van der Waals surface area (Å²) in [6.45, 7) is 4.28. The van der Waals surface area contributed by atoms with Crippen LogP contribution in [0.1, 0.15) is 44.1 Å². The fourth-order valence-electron chi connectivity index (χ4n) is 3.25. The average Bonchev–Trinajstić information content (AvgIpc) is 2.92. The number of nitrogens with zero attached hydrogens (tertiary/aromatic N) is 1. The fraction of sp³-hybridized carbons (Fsp3) is 0.650. The molecule has 0 unspecified atom stereocenters. The Bertz CT molecular complexity index is 503. The smallest absolute Gasteiger partial charge is 0.220 e. The summed E-state index contributed by atoms with van der Waals surface area (Å²) < 4.78 is 10.5. The minimum atomic E-state index is 0.109. The summed E-state index contributed by atoms with van der Waals surface area (Å²) in [5, 5.41) is 3.04. The SMILES string of the molecule is COc1cc(CCC(=O)NCCCN2CCCCCC2)cc(OC)c1. The Balaban J connectivity index is 1.65. The number of carbonyl (C=O) groups is 1. The number of likely N-dealkylation sites (tertiary alicyclic amines) is 1. The first-order valence-electron chi connectivity index (χ1n) is 9.42. The van der Waals surface area contributed by atoms with E-state index < -0.39 is 0 Å². The monoisotopic (exact) mass is 348 g/mol. The van der Waals surface area contributed by atoms with E-state index >= 15 is 0 Å². The standard InChI is InChI=1S/C20H32N2O3/c1-24-18-14-17(15-19(16-18)25-2)8-9-20(23)21-10-7-13-22-11-5-3-4-6-12-22/h14-16H,3-13H2,1-2H3,(H,21,23). The Morgan fingerprint density at radius 3 is 2.28 bits per heavy atom. The molecule has 0 spiro atoms. The van der Waals surface area contributed by atoms with Crippen LogP contribution in [0.15, 0.2) is 18.2 Å². The molecule has 1 aliphatic rings. The fourth-order valence-corrected chi connectivity index (χ4v) is 3.25. The zero-order chi connectivity index (χ0) is 17.9. The van der Waals surface area contributed by atoms with Crippen molar-refractivity contribution in [3.63, 3.8) is 0 Å². The van der Waals surface area contributed by atoms with Crippen LogP contribution in [0, 0.1) is 0 Å². The molecular weight excluding hydrogens is 316 g/mol. The maximum absolute atomic E-state index is 12.0. The van der Waals surface area contributed by atoms with Gasteiger partial charge in [-0.3, -0.25) is 4.79 Å². The largest absolute Gasteiger partial charge is 0.497 e. The van der Waals surface area contributed by atoms with Crippen molar-refractivity contribution in [2.45, 2.75) is 44.9 Å². The van der Waals surface area contributed by atoms with Gasteiger partial charge < -0.3 is 19.7 Å². The highest BCUT2D eigenvalue weighted by Gasteiger charge is 2.09. The van der Waals surface area contributed by atoms with Crippen molar-refractivity contribution in [2.75, 3.05) is 40.4 Å². The second-order valence-electron chi connectivity index (χ2n) is 6.68. The van der Waals surface area contributed by atoms with E-state index in [-0.39, 0.29) is 5.91 Å². The molecule has 1 amide bonds. The van der Waals surface area contributed by atoms with Crippen LogP contribution < -0.4 is 14.8 Å². The van der Waals surface area contributed by atoms with Gasteiger partial charge in [0, 0.05) is 19.0 Å². The molecule has 1 heterocycles. The van der Waals surface area contributed by atoms with Gasteiger partial charge in [0.2, 0.25) is 5.91 Å². The molecule has 1 fully saturated rings. The van der Waals surface area contributed by atoms with E-state index in [2.05, 4.69) is 10.2 Å². The zero-order valence-electron chi connectivity index (χ0n) is 15.7. The summed E-state index contributed by atoms with van der Waals surface area (Å²) in [7, 11) is 3.27. The molecule has 1 N–H and O–H groups in total. The van der Waals surface area contributed by atoms with Crippen molar-refractivity contribution in [3.8, 4) is 11.5 Å². The second kappa shape index (κ2) is 11.0. The second-order valence-corrected chi connectivity index (χ2v) is 6.68. The molecule has 5 nitrogen and oxygen atoms in total. The number of amides is 1. The van der Waals surface area contributed by atoms with Crippen LogP contribution in [-0.4, -0.2) is 51.2 Å². The number of nitrogens with one attached hydrogen (secondary N) is 1. The van der Waals surface area contributed by atoms with E-state index in [4.69, 9.17) is 9.47 Å². The number of hydrogen-bond donors (Lipinski definition) is 1. The third-order valence-corrected chi connectivity index (χ3v) is 4.72. The summed E-state index contributed by atoms with van der Waals surface area (Å²) in [5.74, 6) is 1.62. The van der Waals surface area contributed by atoms with Gasteiger partial charge >= 0.3 is 0 Å².